The number of ketones is 1. The van der Waals surface area contributed by atoms with Crippen LogP contribution in [0.2, 0.25) is 5.02 Å². The van der Waals surface area contributed by atoms with E-state index < -0.39 is 19.3 Å². The van der Waals surface area contributed by atoms with Gasteiger partial charge in [0, 0.05) is 5.02 Å². The van der Waals surface area contributed by atoms with Crippen LogP contribution in [0.5, 0.6) is 0 Å². The summed E-state index contributed by atoms with van der Waals surface area (Å²) in [5.41, 5.74) is 0. The van der Waals surface area contributed by atoms with Crippen LogP contribution in [0.25, 0.3) is 0 Å². The highest BCUT2D eigenvalue weighted by Gasteiger charge is 2.45. The molecule has 1 aromatic rings. The molecule has 1 aromatic carbocycles. The van der Waals surface area contributed by atoms with Crippen LogP contribution in [0.4, 0.5) is 0 Å². The Labute approximate surface area is 108 Å². The predicted octanol–water partition coefficient (Wildman–Crippen LogP) is 2.83. The molecule has 0 radical (unpaired) electrons. The first-order valence-electron chi connectivity index (χ1n) is 4.08. The van der Waals surface area contributed by atoms with Crippen molar-refractivity contribution in [2.75, 3.05) is 0 Å². The molecule has 88 valence electrons. The minimum Gasteiger partial charge on any atom is -0.295 e. The standard InChI is InChI=1S/C9H7Cl3O3S/c1-6(13)9(11,12)16(14,15)8-4-2-7(10)3-5-8/h2-5H,1H3. The molecular weight excluding hydrogens is 295 g/mol. The molecule has 0 saturated heterocycles. The number of Topliss-reactive ketones (excluding diaryl/α,β-unsaturated/α-hetero) is 1. The summed E-state index contributed by atoms with van der Waals surface area (Å²) in [6, 6.07) is 5.22. The Hall–Kier alpha value is -0.290. The molecule has 0 aliphatic carbocycles. The number of alkyl halides is 2. The molecule has 0 amide bonds. The maximum Gasteiger partial charge on any atom is 0.279 e. The van der Waals surface area contributed by atoms with Gasteiger partial charge in [0.05, 0.1) is 4.90 Å². The maximum absolute atomic E-state index is 11.9. The van der Waals surface area contributed by atoms with E-state index in [1.165, 1.54) is 24.3 Å². The fourth-order valence-corrected chi connectivity index (χ4v) is 2.78. The van der Waals surface area contributed by atoms with Crippen molar-refractivity contribution in [1.82, 2.24) is 0 Å². The van der Waals surface area contributed by atoms with Crippen molar-refractivity contribution in [2.24, 2.45) is 0 Å². The molecule has 0 unspecified atom stereocenters. The van der Waals surface area contributed by atoms with E-state index in [-0.39, 0.29) is 4.90 Å². The topological polar surface area (TPSA) is 51.2 Å². The maximum atomic E-state index is 11.9. The first kappa shape index (κ1) is 13.8. The SMILES string of the molecule is CC(=O)C(Cl)(Cl)S(=O)(=O)c1ccc(Cl)cc1. The van der Waals surface area contributed by atoms with E-state index in [9.17, 15) is 13.2 Å². The molecule has 0 N–H and O–H groups in total. The number of sulfone groups is 1. The molecule has 1 rings (SSSR count). The number of benzene rings is 1. The van der Waals surface area contributed by atoms with E-state index >= 15 is 0 Å². The van der Waals surface area contributed by atoms with E-state index in [4.69, 9.17) is 34.8 Å². The van der Waals surface area contributed by atoms with Gasteiger partial charge in [0.15, 0.2) is 5.78 Å². The van der Waals surface area contributed by atoms with Gasteiger partial charge in [0.1, 0.15) is 0 Å². The predicted molar refractivity (Wildman–Crippen MR) is 63.8 cm³/mol. The van der Waals surface area contributed by atoms with E-state index in [0.717, 1.165) is 6.92 Å². The number of hydrogen-bond donors (Lipinski definition) is 0. The van der Waals surface area contributed by atoms with Crippen molar-refractivity contribution < 1.29 is 13.2 Å². The van der Waals surface area contributed by atoms with Gasteiger partial charge in [0.25, 0.3) is 3.67 Å². The average molecular weight is 302 g/mol. The molecule has 0 heterocycles. The molecule has 0 fully saturated rings. The summed E-state index contributed by atoms with van der Waals surface area (Å²) in [6.07, 6.45) is 0. The summed E-state index contributed by atoms with van der Waals surface area (Å²) in [6.45, 7) is 1.01. The molecule has 0 aromatic heterocycles. The number of carbonyl (C=O) groups is 1. The third-order valence-corrected chi connectivity index (χ3v) is 5.73. The lowest BCUT2D eigenvalue weighted by Gasteiger charge is -2.16. The van der Waals surface area contributed by atoms with E-state index in [1.807, 2.05) is 0 Å². The second-order valence-corrected chi connectivity index (χ2v) is 7.33. The van der Waals surface area contributed by atoms with Crippen LogP contribution in [0.1, 0.15) is 6.92 Å². The zero-order chi connectivity index (χ0) is 12.6. The average Bonchev–Trinajstić information content (AvgIpc) is 2.17. The molecular formula is C9H7Cl3O3S. The number of rotatable bonds is 3. The highest BCUT2D eigenvalue weighted by Crippen LogP contribution is 2.35. The van der Waals surface area contributed by atoms with Crippen LogP contribution in [0.3, 0.4) is 0 Å². The van der Waals surface area contributed by atoms with E-state index in [0.29, 0.717) is 5.02 Å². The van der Waals surface area contributed by atoms with Gasteiger partial charge in [-0.1, -0.05) is 34.8 Å². The lowest BCUT2D eigenvalue weighted by molar-refractivity contribution is -0.116. The Kier molecular flexibility index (Phi) is 3.90. The first-order valence-corrected chi connectivity index (χ1v) is 6.70. The second kappa shape index (κ2) is 4.53. The monoisotopic (exact) mass is 300 g/mol. The largest absolute Gasteiger partial charge is 0.295 e. The Morgan fingerprint density at radius 2 is 1.62 bits per heavy atom. The van der Waals surface area contributed by atoms with Crippen molar-refractivity contribution in [1.29, 1.82) is 0 Å². The second-order valence-electron chi connectivity index (χ2n) is 3.03. The number of halogens is 3. The van der Waals surface area contributed by atoms with Crippen molar-refractivity contribution in [2.45, 2.75) is 15.5 Å². The Morgan fingerprint density at radius 1 is 1.19 bits per heavy atom. The lowest BCUT2D eigenvalue weighted by Crippen LogP contribution is -2.33. The molecule has 0 saturated carbocycles. The molecule has 3 nitrogen and oxygen atoms in total. The van der Waals surface area contributed by atoms with Crippen LogP contribution in [-0.2, 0) is 14.6 Å². The first-order chi connectivity index (χ1) is 7.19. The summed E-state index contributed by atoms with van der Waals surface area (Å²) in [5.74, 6) is -0.856. The van der Waals surface area contributed by atoms with Crippen molar-refractivity contribution in [3.05, 3.63) is 29.3 Å². The van der Waals surface area contributed by atoms with Gasteiger partial charge in [-0.2, -0.15) is 0 Å². The minimum atomic E-state index is -4.13. The van der Waals surface area contributed by atoms with E-state index in [2.05, 4.69) is 0 Å². The molecule has 16 heavy (non-hydrogen) atoms. The van der Waals surface area contributed by atoms with Gasteiger partial charge in [-0.05, 0) is 31.2 Å². The van der Waals surface area contributed by atoms with Gasteiger partial charge >= 0.3 is 0 Å². The van der Waals surface area contributed by atoms with Gasteiger partial charge in [-0.3, -0.25) is 4.79 Å². The quantitative estimate of drug-likeness (QED) is 0.807. The van der Waals surface area contributed by atoms with Crippen LogP contribution in [-0.4, -0.2) is 17.9 Å². The van der Waals surface area contributed by atoms with Crippen molar-refractivity contribution >= 4 is 50.4 Å². The summed E-state index contributed by atoms with van der Waals surface area (Å²) < 4.78 is 21.3. The van der Waals surface area contributed by atoms with Crippen LogP contribution in [0.15, 0.2) is 29.2 Å². The van der Waals surface area contributed by atoms with Gasteiger partial charge < -0.3 is 0 Å². The van der Waals surface area contributed by atoms with Crippen LogP contribution < -0.4 is 0 Å². The Bertz CT molecular complexity index is 505. The third kappa shape index (κ3) is 2.35. The summed E-state index contributed by atoms with van der Waals surface area (Å²) in [5, 5.41) is 0.372. The highest BCUT2D eigenvalue weighted by atomic mass is 35.5. The highest BCUT2D eigenvalue weighted by molar-refractivity contribution is 7.96. The van der Waals surface area contributed by atoms with Crippen molar-refractivity contribution in [3.8, 4) is 0 Å². The zero-order valence-corrected chi connectivity index (χ0v) is 11.2. The number of hydrogen-bond acceptors (Lipinski definition) is 3. The summed E-state index contributed by atoms with van der Waals surface area (Å²) in [7, 11) is -4.13. The third-order valence-electron chi connectivity index (χ3n) is 1.87. The fourth-order valence-electron chi connectivity index (χ4n) is 0.951. The molecule has 7 heteroatoms. The molecule has 0 aliphatic heterocycles. The Morgan fingerprint density at radius 3 is 2.00 bits per heavy atom. The molecule has 0 bridgehead atoms. The lowest BCUT2D eigenvalue weighted by atomic mass is 10.4. The van der Waals surface area contributed by atoms with Gasteiger partial charge in [0.2, 0.25) is 9.84 Å². The molecule has 0 aliphatic rings. The van der Waals surface area contributed by atoms with Crippen LogP contribution in [0, 0.1) is 0 Å². The normalized spacial score (nSPS) is 12.5. The minimum absolute atomic E-state index is 0.155. The molecule has 0 spiro atoms. The van der Waals surface area contributed by atoms with E-state index in [1.54, 1.807) is 0 Å². The Balaban J connectivity index is 3.33. The zero-order valence-electron chi connectivity index (χ0n) is 8.08. The van der Waals surface area contributed by atoms with Crippen molar-refractivity contribution in [3.63, 3.8) is 0 Å². The van der Waals surface area contributed by atoms with Gasteiger partial charge in [-0.25, -0.2) is 8.42 Å². The number of carbonyl (C=O) groups excluding carboxylic acids is 1. The summed E-state index contributed by atoms with van der Waals surface area (Å²) in [4.78, 5) is 10.9. The summed E-state index contributed by atoms with van der Waals surface area (Å²) >= 11 is 16.7. The fraction of sp³-hybridized carbons (Fsp3) is 0.222. The smallest absolute Gasteiger partial charge is 0.279 e. The van der Waals surface area contributed by atoms with Gasteiger partial charge in [-0.15, -0.1) is 0 Å². The van der Waals surface area contributed by atoms with Crippen LogP contribution >= 0.6 is 34.8 Å². The molecule has 0 atom stereocenters.